The van der Waals surface area contributed by atoms with E-state index in [0.29, 0.717) is 11.4 Å². The van der Waals surface area contributed by atoms with Crippen molar-refractivity contribution in [3.8, 4) is 0 Å². The van der Waals surface area contributed by atoms with Gasteiger partial charge in [-0.05, 0) is 41.8 Å². The summed E-state index contributed by atoms with van der Waals surface area (Å²) in [6, 6.07) is 15.2. The lowest BCUT2D eigenvalue weighted by atomic mass is 10.0. The second kappa shape index (κ2) is 5.12. The Morgan fingerprint density at radius 1 is 0.647 bits per heavy atom. The van der Waals surface area contributed by atoms with Gasteiger partial charge in [-0.25, -0.2) is 11.1 Å². The Balaban J connectivity index is 2.13. The summed E-state index contributed by atoms with van der Waals surface area (Å²) in [5.41, 5.74) is 17.4. The fourth-order valence-corrected chi connectivity index (χ4v) is 1.61. The molecule has 0 spiro atoms. The molecular weight excluding hydrogens is 212 g/mol. The molecule has 0 unspecified atom stereocenters. The summed E-state index contributed by atoms with van der Waals surface area (Å²) < 4.78 is 0. The highest BCUT2D eigenvalue weighted by molar-refractivity contribution is 5.42. The summed E-state index contributed by atoms with van der Waals surface area (Å²) in [5.74, 6) is 0. The summed E-state index contributed by atoms with van der Waals surface area (Å²) in [4.78, 5) is 0. The van der Waals surface area contributed by atoms with Gasteiger partial charge in [-0.3, -0.25) is 0 Å². The van der Waals surface area contributed by atoms with Crippen LogP contribution >= 0.6 is 0 Å². The molecule has 0 fully saturated rings. The highest BCUT2D eigenvalue weighted by atomic mass is 15.0. The Labute approximate surface area is 99.3 Å². The van der Waals surface area contributed by atoms with Crippen molar-refractivity contribution in [3.63, 3.8) is 0 Å². The minimum Gasteiger partial charge on any atom is -0.204 e. The third kappa shape index (κ3) is 2.81. The van der Waals surface area contributed by atoms with Gasteiger partial charge in [0.2, 0.25) is 0 Å². The normalized spacial score (nSPS) is 9.88. The Bertz CT molecular complexity index is 465. The molecule has 0 aliphatic heterocycles. The highest BCUT2D eigenvalue weighted by Crippen LogP contribution is 2.17. The monoisotopic (exact) mass is 224 g/mol. The Morgan fingerprint density at radius 2 is 1.00 bits per heavy atom. The molecule has 4 heteroatoms. The molecule has 2 aromatic rings. The smallest absolute Gasteiger partial charge is 0.0850 e. The summed E-state index contributed by atoms with van der Waals surface area (Å²) in [6.07, 6.45) is 0.830. The lowest BCUT2D eigenvalue weighted by Gasteiger charge is -2.02. The zero-order valence-corrected chi connectivity index (χ0v) is 9.22. The largest absolute Gasteiger partial charge is 0.204 e. The summed E-state index contributed by atoms with van der Waals surface area (Å²) in [6.45, 7) is 0. The van der Waals surface area contributed by atoms with Crippen LogP contribution in [-0.4, -0.2) is 0 Å². The van der Waals surface area contributed by atoms with Crippen LogP contribution < -0.4 is 0 Å². The van der Waals surface area contributed by atoms with Crippen LogP contribution in [-0.2, 0) is 6.42 Å². The molecule has 0 atom stereocenters. The lowest BCUT2D eigenvalue weighted by Crippen LogP contribution is -1.86. The maximum Gasteiger partial charge on any atom is 0.0850 e. The van der Waals surface area contributed by atoms with Gasteiger partial charge in [-0.1, -0.05) is 24.3 Å². The van der Waals surface area contributed by atoms with Crippen LogP contribution in [0.5, 0.6) is 0 Å². The zero-order chi connectivity index (χ0) is 12.1. The molecule has 0 aliphatic rings. The summed E-state index contributed by atoms with van der Waals surface area (Å²) in [7, 11) is 0. The van der Waals surface area contributed by atoms with Gasteiger partial charge in [-0.15, -0.1) is 0 Å². The molecule has 0 saturated carbocycles. The molecule has 0 heterocycles. The Hall–Kier alpha value is -2.36. The fraction of sp³-hybridized carbons (Fsp3) is 0.0769. The molecule has 0 radical (unpaired) electrons. The first-order valence-corrected chi connectivity index (χ1v) is 5.24. The molecule has 2 aromatic carbocycles. The van der Waals surface area contributed by atoms with Crippen LogP contribution in [0.1, 0.15) is 11.1 Å². The van der Waals surface area contributed by atoms with Gasteiger partial charge >= 0.3 is 0 Å². The first-order valence-electron chi connectivity index (χ1n) is 5.24. The van der Waals surface area contributed by atoms with Crippen LogP contribution in [0, 0.1) is 11.1 Å². The van der Waals surface area contributed by atoms with Crippen LogP contribution in [0.3, 0.4) is 0 Å². The van der Waals surface area contributed by atoms with Crippen molar-refractivity contribution in [1.29, 1.82) is 11.1 Å². The predicted octanol–water partition coefficient (Wildman–Crippen LogP) is 4.60. The maximum absolute atomic E-state index is 6.88. The van der Waals surface area contributed by atoms with E-state index in [4.69, 9.17) is 11.1 Å². The standard InChI is InChI=1S/C13H12N4/c14-16-12-5-1-10(2-6-12)9-11-3-7-13(17-15)8-4-11/h1-8,14-15H,9H2. The minimum atomic E-state index is 0.664. The quantitative estimate of drug-likeness (QED) is 0.712. The van der Waals surface area contributed by atoms with E-state index in [9.17, 15) is 0 Å². The number of hydrogen-bond donors (Lipinski definition) is 2. The van der Waals surface area contributed by atoms with Crippen molar-refractivity contribution >= 4 is 11.4 Å². The Kier molecular flexibility index (Phi) is 3.35. The van der Waals surface area contributed by atoms with Gasteiger partial charge in [-0.2, -0.15) is 10.2 Å². The number of nitrogens with one attached hydrogen (secondary N) is 2. The fourth-order valence-electron chi connectivity index (χ4n) is 1.61. The SMILES string of the molecule is N=Nc1ccc(Cc2ccc(N=N)cc2)cc1. The van der Waals surface area contributed by atoms with E-state index in [1.807, 2.05) is 48.5 Å². The highest BCUT2D eigenvalue weighted by Gasteiger charge is 1.97. The van der Waals surface area contributed by atoms with Crippen molar-refractivity contribution in [2.24, 2.45) is 10.2 Å². The summed E-state index contributed by atoms with van der Waals surface area (Å²) >= 11 is 0. The van der Waals surface area contributed by atoms with Crippen molar-refractivity contribution < 1.29 is 0 Å². The molecule has 0 amide bonds. The van der Waals surface area contributed by atoms with Crippen molar-refractivity contribution in [2.45, 2.75) is 6.42 Å². The van der Waals surface area contributed by atoms with E-state index < -0.39 is 0 Å². The van der Waals surface area contributed by atoms with Crippen LogP contribution in [0.2, 0.25) is 0 Å². The lowest BCUT2D eigenvalue weighted by molar-refractivity contribution is 1.13. The maximum atomic E-state index is 6.88. The van der Waals surface area contributed by atoms with Gasteiger partial charge in [0.15, 0.2) is 0 Å². The second-order valence-corrected chi connectivity index (χ2v) is 3.73. The number of rotatable bonds is 4. The number of benzene rings is 2. The van der Waals surface area contributed by atoms with Gasteiger partial charge < -0.3 is 0 Å². The predicted molar refractivity (Wildman–Crippen MR) is 65.3 cm³/mol. The van der Waals surface area contributed by atoms with Crippen molar-refractivity contribution in [2.75, 3.05) is 0 Å². The average molecular weight is 224 g/mol. The first-order chi connectivity index (χ1) is 8.31. The van der Waals surface area contributed by atoms with Crippen molar-refractivity contribution in [3.05, 3.63) is 59.7 Å². The molecule has 0 bridgehead atoms. The third-order valence-electron chi connectivity index (χ3n) is 2.54. The molecule has 84 valence electrons. The van der Waals surface area contributed by atoms with E-state index in [1.165, 1.54) is 11.1 Å². The number of hydrogen-bond acceptors (Lipinski definition) is 4. The van der Waals surface area contributed by atoms with Crippen LogP contribution in [0.4, 0.5) is 11.4 Å². The van der Waals surface area contributed by atoms with E-state index in [1.54, 1.807) is 0 Å². The second-order valence-electron chi connectivity index (χ2n) is 3.73. The molecule has 0 aliphatic carbocycles. The van der Waals surface area contributed by atoms with E-state index >= 15 is 0 Å². The molecule has 2 rings (SSSR count). The Morgan fingerprint density at radius 3 is 1.29 bits per heavy atom. The van der Waals surface area contributed by atoms with E-state index in [2.05, 4.69) is 10.2 Å². The van der Waals surface area contributed by atoms with Gasteiger partial charge in [0.05, 0.1) is 11.4 Å². The average Bonchev–Trinajstić information content (AvgIpc) is 2.40. The minimum absolute atomic E-state index is 0.664. The van der Waals surface area contributed by atoms with Gasteiger partial charge in [0.1, 0.15) is 0 Å². The van der Waals surface area contributed by atoms with Crippen LogP contribution in [0.15, 0.2) is 58.8 Å². The van der Waals surface area contributed by atoms with Crippen molar-refractivity contribution in [1.82, 2.24) is 0 Å². The molecule has 0 saturated heterocycles. The third-order valence-corrected chi connectivity index (χ3v) is 2.54. The molecule has 0 aromatic heterocycles. The van der Waals surface area contributed by atoms with Crippen LogP contribution in [0.25, 0.3) is 0 Å². The number of nitrogens with zero attached hydrogens (tertiary/aromatic N) is 2. The summed E-state index contributed by atoms with van der Waals surface area (Å²) in [5, 5.41) is 6.72. The topological polar surface area (TPSA) is 72.4 Å². The van der Waals surface area contributed by atoms with E-state index in [0.717, 1.165) is 6.42 Å². The van der Waals surface area contributed by atoms with Gasteiger partial charge in [0, 0.05) is 0 Å². The molecule has 17 heavy (non-hydrogen) atoms. The first kappa shape index (κ1) is 11.1. The zero-order valence-electron chi connectivity index (χ0n) is 9.22. The molecular formula is C13H12N4. The molecule has 2 N–H and O–H groups in total. The van der Waals surface area contributed by atoms with Gasteiger partial charge in [0.25, 0.3) is 0 Å². The molecule has 4 nitrogen and oxygen atoms in total. The van der Waals surface area contributed by atoms with E-state index in [-0.39, 0.29) is 0 Å².